The Labute approximate surface area is 255 Å². The van der Waals surface area contributed by atoms with Gasteiger partial charge in [0.15, 0.2) is 0 Å². The molecule has 43 heavy (non-hydrogen) atoms. The number of nitrogens with two attached hydrogens (primary N) is 1. The minimum atomic E-state index is -1.18. The number of hydrogen-bond acceptors (Lipinski definition) is 10. The highest BCUT2D eigenvalue weighted by Crippen LogP contribution is 2.44. The number of carbonyl (C=O) groups is 5. The summed E-state index contributed by atoms with van der Waals surface area (Å²) in [4.78, 5) is 62.2. The van der Waals surface area contributed by atoms with Gasteiger partial charge < -0.3 is 30.6 Å². The van der Waals surface area contributed by atoms with E-state index in [0.717, 1.165) is 34.0 Å². The van der Waals surface area contributed by atoms with Crippen molar-refractivity contribution in [3.8, 4) is 11.1 Å². The molecule has 0 spiro atoms. The minimum absolute atomic E-state index is 0.00797. The maximum Gasteiger partial charge on any atom is 0.367 e. The molecule has 12 heteroatoms. The van der Waals surface area contributed by atoms with Crippen LogP contribution in [0.5, 0.6) is 0 Å². The Morgan fingerprint density at radius 2 is 1.47 bits per heavy atom. The Hall–Kier alpha value is -3.90. The van der Waals surface area contributed by atoms with Gasteiger partial charge in [-0.2, -0.15) is 0 Å². The largest absolute Gasteiger partial charge is 0.462 e. The average Bonchev–Trinajstić information content (AvgIpc) is 3.28. The van der Waals surface area contributed by atoms with Gasteiger partial charge in [-0.3, -0.25) is 19.2 Å². The Balaban J connectivity index is 1.58. The topological polar surface area (TPSA) is 163 Å². The van der Waals surface area contributed by atoms with Gasteiger partial charge in [-0.15, -0.1) is 0 Å². The van der Waals surface area contributed by atoms with E-state index < -0.39 is 47.7 Å². The zero-order chi connectivity index (χ0) is 31.5. The highest BCUT2D eigenvalue weighted by molar-refractivity contribution is 8.13. The highest BCUT2D eigenvalue weighted by atomic mass is 32.2. The number of esters is 2. The van der Waals surface area contributed by atoms with Crippen molar-refractivity contribution in [3.63, 3.8) is 0 Å². The summed E-state index contributed by atoms with van der Waals surface area (Å²) in [6.45, 7) is 6.42. The normalized spacial score (nSPS) is 13.5. The van der Waals surface area contributed by atoms with Gasteiger partial charge in [0.2, 0.25) is 11.8 Å². The number of nitrogens with one attached hydrogen (secondary N) is 2. The molecule has 0 unspecified atom stereocenters. The lowest BCUT2D eigenvalue weighted by molar-refractivity contribution is -0.149. The molecule has 0 saturated heterocycles. The third-order valence-corrected chi connectivity index (χ3v) is 7.31. The van der Waals surface area contributed by atoms with Gasteiger partial charge in [-0.25, -0.2) is 4.79 Å². The lowest BCUT2D eigenvalue weighted by Gasteiger charge is -2.19. The molecule has 2 atom stereocenters. The number of fused-ring (bicyclic) bond motifs is 3. The molecule has 0 radical (unpaired) electrons. The van der Waals surface area contributed by atoms with Gasteiger partial charge in [0.25, 0.3) is 0 Å². The molecule has 232 valence electrons. The van der Waals surface area contributed by atoms with Crippen LogP contribution < -0.4 is 16.4 Å². The number of ether oxygens (including phenoxy) is 3. The maximum absolute atomic E-state index is 12.9. The number of hydrogen-bond donors (Lipinski definition) is 3. The first-order valence-electron chi connectivity index (χ1n) is 14.2. The van der Waals surface area contributed by atoms with Crippen LogP contribution in [0.1, 0.15) is 57.6 Å². The van der Waals surface area contributed by atoms with Gasteiger partial charge in [0, 0.05) is 18.1 Å². The standard InChI is InChI=1S/C31H39N3O8S/c1-18(2)41-28(36)15-33-29(37)26(34-27(35)14-13-25(32)30(38)42-19(3)4)17-43-31(39)40-16-24-22-11-7-5-9-20(22)21-10-6-8-12-23(21)24/h5-12,18-19,24-26H,13-17,32H2,1-4H3,(H,33,37)(H,34,35)/t25-,26-/m0/s1. The molecule has 11 nitrogen and oxygen atoms in total. The van der Waals surface area contributed by atoms with Crippen molar-refractivity contribution in [1.82, 2.24) is 10.6 Å². The van der Waals surface area contributed by atoms with Crippen molar-refractivity contribution in [1.29, 1.82) is 0 Å². The van der Waals surface area contributed by atoms with E-state index in [9.17, 15) is 24.0 Å². The summed E-state index contributed by atoms with van der Waals surface area (Å²) in [5, 5.41) is 4.36. The van der Waals surface area contributed by atoms with E-state index in [4.69, 9.17) is 19.9 Å². The molecule has 0 heterocycles. The van der Waals surface area contributed by atoms with E-state index in [2.05, 4.69) is 10.6 Å². The summed E-state index contributed by atoms with van der Waals surface area (Å²) in [5.74, 6) is -2.81. The fraction of sp³-hybridized carbons (Fsp3) is 0.452. The lowest BCUT2D eigenvalue weighted by atomic mass is 9.98. The van der Waals surface area contributed by atoms with Crippen LogP contribution in [0.2, 0.25) is 0 Å². The molecule has 0 aliphatic heterocycles. The van der Waals surface area contributed by atoms with E-state index >= 15 is 0 Å². The van der Waals surface area contributed by atoms with Crippen LogP contribution in [0.4, 0.5) is 4.79 Å². The maximum atomic E-state index is 12.9. The molecular formula is C31H39N3O8S. The zero-order valence-corrected chi connectivity index (χ0v) is 25.6. The average molecular weight is 614 g/mol. The van der Waals surface area contributed by atoms with Crippen molar-refractivity contribution in [2.24, 2.45) is 5.73 Å². The molecule has 2 aromatic carbocycles. The molecule has 1 aliphatic carbocycles. The summed E-state index contributed by atoms with van der Waals surface area (Å²) in [5.41, 5.74) is 10.1. The molecule has 4 N–H and O–H groups in total. The first-order chi connectivity index (χ1) is 20.5. The summed E-state index contributed by atoms with van der Waals surface area (Å²) >= 11 is 0.730. The first kappa shape index (κ1) is 33.6. The molecule has 2 aromatic rings. The van der Waals surface area contributed by atoms with Crippen LogP contribution in [0.15, 0.2) is 48.5 Å². The summed E-state index contributed by atoms with van der Waals surface area (Å²) in [6, 6.07) is 13.7. The monoisotopic (exact) mass is 613 g/mol. The second-order valence-electron chi connectivity index (χ2n) is 10.6. The third-order valence-electron chi connectivity index (χ3n) is 6.46. The van der Waals surface area contributed by atoms with Gasteiger partial charge in [0.05, 0.1) is 12.2 Å². The Kier molecular flexibility index (Phi) is 12.6. The number of carbonyl (C=O) groups excluding carboxylic acids is 5. The van der Waals surface area contributed by atoms with E-state index in [0.29, 0.717) is 0 Å². The molecule has 3 rings (SSSR count). The molecular weight excluding hydrogens is 574 g/mol. The second kappa shape index (κ2) is 16.1. The smallest absolute Gasteiger partial charge is 0.367 e. The second-order valence-corrected chi connectivity index (χ2v) is 11.6. The van der Waals surface area contributed by atoms with E-state index in [1.165, 1.54) is 0 Å². The van der Waals surface area contributed by atoms with Gasteiger partial charge in [0.1, 0.15) is 25.2 Å². The molecule has 1 aliphatic rings. The van der Waals surface area contributed by atoms with Gasteiger partial charge >= 0.3 is 17.2 Å². The number of rotatable bonds is 14. The molecule has 0 bridgehead atoms. The Morgan fingerprint density at radius 1 is 0.884 bits per heavy atom. The van der Waals surface area contributed by atoms with Crippen LogP contribution in [-0.2, 0) is 33.4 Å². The van der Waals surface area contributed by atoms with Crippen molar-refractivity contribution in [3.05, 3.63) is 59.7 Å². The van der Waals surface area contributed by atoms with Crippen molar-refractivity contribution in [2.45, 2.75) is 70.7 Å². The van der Waals surface area contributed by atoms with E-state index in [1.807, 2.05) is 48.5 Å². The Morgan fingerprint density at radius 3 is 2.05 bits per heavy atom. The van der Waals surface area contributed by atoms with Crippen LogP contribution in [0.3, 0.4) is 0 Å². The third kappa shape index (κ3) is 10.1. The first-order valence-corrected chi connectivity index (χ1v) is 15.1. The molecule has 2 amide bonds. The van der Waals surface area contributed by atoms with Crippen LogP contribution in [0, 0.1) is 0 Å². The summed E-state index contributed by atoms with van der Waals surface area (Å²) in [7, 11) is 0. The SMILES string of the molecule is CC(C)OC(=O)CNC(=O)[C@H](CSC(=O)OCC1c2ccccc2-c2ccccc21)NC(=O)CC[C@H](N)C(=O)OC(C)C. The number of benzene rings is 2. The number of amides is 2. The summed E-state index contributed by atoms with van der Waals surface area (Å²) < 4.78 is 15.7. The molecule has 0 aromatic heterocycles. The minimum Gasteiger partial charge on any atom is -0.462 e. The van der Waals surface area contributed by atoms with Gasteiger partial charge in [-0.05, 0) is 68.1 Å². The van der Waals surface area contributed by atoms with Crippen molar-refractivity contribution < 1.29 is 38.2 Å². The lowest BCUT2D eigenvalue weighted by Crippen LogP contribution is -2.50. The van der Waals surface area contributed by atoms with Gasteiger partial charge in [-0.1, -0.05) is 48.5 Å². The summed E-state index contributed by atoms with van der Waals surface area (Å²) in [6.07, 6.45) is -0.886. The van der Waals surface area contributed by atoms with Crippen LogP contribution >= 0.6 is 11.8 Å². The van der Waals surface area contributed by atoms with Crippen LogP contribution in [0.25, 0.3) is 11.1 Å². The van der Waals surface area contributed by atoms with Crippen LogP contribution in [-0.4, -0.2) is 72.3 Å². The molecule has 0 saturated carbocycles. The van der Waals surface area contributed by atoms with E-state index in [-0.39, 0.29) is 43.3 Å². The fourth-order valence-electron chi connectivity index (χ4n) is 4.54. The zero-order valence-electron chi connectivity index (χ0n) is 24.8. The molecule has 0 fully saturated rings. The predicted octanol–water partition coefficient (Wildman–Crippen LogP) is 3.28. The van der Waals surface area contributed by atoms with Crippen molar-refractivity contribution >= 4 is 40.8 Å². The fourth-order valence-corrected chi connectivity index (χ4v) is 5.23. The quantitative estimate of drug-likeness (QED) is 0.213. The number of thioether (sulfide) groups is 1. The Bertz CT molecular complexity index is 1270. The predicted molar refractivity (Wildman–Crippen MR) is 162 cm³/mol. The van der Waals surface area contributed by atoms with E-state index in [1.54, 1.807) is 27.7 Å². The van der Waals surface area contributed by atoms with Crippen molar-refractivity contribution in [2.75, 3.05) is 18.9 Å². The highest BCUT2D eigenvalue weighted by Gasteiger charge is 2.30.